The third kappa shape index (κ3) is 5.42. The number of thiophene rings is 1. The molecule has 0 fully saturated rings. The van der Waals surface area contributed by atoms with E-state index in [1.165, 1.54) is 37.5 Å². The monoisotopic (exact) mass is 463 g/mol. The molecule has 0 bridgehead atoms. The van der Waals surface area contributed by atoms with Gasteiger partial charge in [0.25, 0.3) is 5.91 Å². The fourth-order valence-electron chi connectivity index (χ4n) is 2.94. The molecular formula is C22H22FNO5S2. The molecule has 0 saturated heterocycles. The molecule has 0 spiro atoms. The highest BCUT2D eigenvalue weighted by molar-refractivity contribution is 7.91. The van der Waals surface area contributed by atoms with E-state index in [2.05, 4.69) is 5.32 Å². The Morgan fingerprint density at radius 3 is 2.52 bits per heavy atom. The van der Waals surface area contributed by atoms with Gasteiger partial charge in [0, 0.05) is 11.4 Å². The molecule has 164 valence electrons. The first-order valence-electron chi connectivity index (χ1n) is 9.39. The number of aryl methyl sites for hydroxylation is 1. The zero-order valence-corrected chi connectivity index (χ0v) is 18.6. The van der Waals surface area contributed by atoms with E-state index >= 15 is 0 Å². The van der Waals surface area contributed by atoms with Crippen LogP contribution in [0, 0.1) is 12.7 Å². The second kappa shape index (κ2) is 9.93. The second-order valence-electron chi connectivity index (χ2n) is 6.70. The normalized spacial score (nSPS) is 12.2. The zero-order chi connectivity index (χ0) is 22.4. The number of carbonyl (C=O) groups is 1. The third-order valence-electron chi connectivity index (χ3n) is 4.61. The highest BCUT2D eigenvalue weighted by Crippen LogP contribution is 2.32. The Hall–Kier alpha value is -2.91. The largest absolute Gasteiger partial charge is 0.493 e. The van der Waals surface area contributed by atoms with Crippen LogP contribution in [0.5, 0.6) is 11.5 Å². The molecule has 1 aromatic heterocycles. The van der Waals surface area contributed by atoms with E-state index in [0.717, 1.165) is 6.07 Å². The predicted octanol–water partition coefficient (Wildman–Crippen LogP) is 3.91. The van der Waals surface area contributed by atoms with Crippen molar-refractivity contribution in [3.05, 3.63) is 76.2 Å². The molecule has 1 N–H and O–H groups in total. The summed E-state index contributed by atoms with van der Waals surface area (Å²) in [5.41, 5.74) is 0.236. The smallest absolute Gasteiger partial charge is 0.257 e. The number of rotatable bonds is 9. The van der Waals surface area contributed by atoms with Gasteiger partial charge in [-0.2, -0.15) is 0 Å². The maximum atomic E-state index is 13.6. The number of methoxy groups -OCH3 is 1. The van der Waals surface area contributed by atoms with Crippen LogP contribution in [0.3, 0.4) is 0 Å². The number of para-hydroxylation sites is 2. The van der Waals surface area contributed by atoms with Crippen LogP contribution in [0.4, 0.5) is 4.39 Å². The van der Waals surface area contributed by atoms with Gasteiger partial charge in [-0.25, -0.2) is 12.8 Å². The van der Waals surface area contributed by atoms with E-state index in [1.807, 2.05) is 0 Å². The van der Waals surface area contributed by atoms with Gasteiger partial charge in [0.1, 0.15) is 11.1 Å². The molecule has 6 nitrogen and oxygen atoms in total. The summed E-state index contributed by atoms with van der Waals surface area (Å²) in [6, 6.07) is 14.0. The molecule has 0 radical (unpaired) electrons. The minimum Gasteiger partial charge on any atom is -0.493 e. The fraction of sp³-hybridized carbons (Fsp3) is 0.227. The van der Waals surface area contributed by atoms with Crippen molar-refractivity contribution in [2.45, 2.75) is 17.1 Å². The molecule has 1 amide bonds. The van der Waals surface area contributed by atoms with Crippen molar-refractivity contribution in [3.63, 3.8) is 0 Å². The number of sulfone groups is 1. The molecule has 1 heterocycles. The Morgan fingerprint density at radius 2 is 1.87 bits per heavy atom. The van der Waals surface area contributed by atoms with Crippen molar-refractivity contribution in [2.24, 2.45) is 0 Å². The van der Waals surface area contributed by atoms with Crippen LogP contribution in [0.1, 0.15) is 15.7 Å². The van der Waals surface area contributed by atoms with Crippen LogP contribution in [-0.4, -0.2) is 34.6 Å². The average Bonchev–Trinajstić information content (AvgIpc) is 3.28. The first kappa shape index (κ1) is 22.8. The summed E-state index contributed by atoms with van der Waals surface area (Å²) in [5.74, 6) is -0.0586. The Bertz CT molecular complexity index is 1150. The van der Waals surface area contributed by atoms with Crippen LogP contribution in [0.2, 0.25) is 0 Å². The van der Waals surface area contributed by atoms with Crippen molar-refractivity contribution in [3.8, 4) is 11.5 Å². The third-order valence-corrected chi connectivity index (χ3v) is 7.82. The first-order valence-corrected chi connectivity index (χ1v) is 11.8. The lowest BCUT2D eigenvalue weighted by Crippen LogP contribution is -2.34. The molecule has 0 unspecified atom stereocenters. The number of nitrogens with one attached hydrogen (secondary N) is 1. The van der Waals surface area contributed by atoms with E-state index in [9.17, 15) is 17.6 Å². The molecule has 0 aliphatic carbocycles. The summed E-state index contributed by atoms with van der Waals surface area (Å²) in [6.07, 6.45) is 0. The van der Waals surface area contributed by atoms with Crippen molar-refractivity contribution in [1.29, 1.82) is 0 Å². The Kier molecular flexibility index (Phi) is 7.29. The fourth-order valence-corrected chi connectivity index (χ4v) is 5.80. The molecule has 0 saturated carbocycles. The summed E-state index contributed by atoms with van der Waals surface area (Å²) in [7, 11) is -2.37. The van der Waals surface area contributed by atoms with Gasteiger partial charge >= 0.3 is 0 Å². The van der Waals surface area contributed by atoms with Gasteiger partial charge in [0.15, 0.2) is 27.9 Å². The maximum absolute atomic E-state index is 13.6. The Labute approximate surface area is 184 Å². The number of amides is 1. The SMILES string of the molecule is COc1ccccc1OCC(=O)NC[C@@H](c1cccs1)S(=O)(=O)c1ccc(F)c(C)c1. The Morgan fingerprint density at radius 1 is 1.13 bits per heavy atom. The summed E-state index contributed by atoms with van der Waals surface area (Å²) in [5, 5.41) is 3.39. The van der Waals surface area contributed by atoms with Crippen LogP contribution in [0.25, 0.3) is 0 Å². The molecule has 0 aliphatic heterocycles. The van der Waals surface area contributed by atoms with Gasteiger partial charge in [-0.3, -0.25) is 4.79 Å². The number of halogens is 1. The number of carbonyl (C=O) groups excluding carboxylic acids is 1. The number of hydrogen-bond acceptors (Lipinski definition) is 6. The minimum atomic E-state index is -3.87. The van der Waals surface area contributed by atoms with Gasteiger partial charge in [0.05, 0.1) is 12.0 Å². The topological polar surface area (TPSA) is 81.7 Å². The number of ether oxygens (including phenoxy) is 2. The standard InChI is InChI=1S/C22H22FNO5S2/c1-15-12-16(9-10-17(15)23)31(26,27)21(20-8-5-11-30-20)13-24-22(25)14-29-19-7-4-3-6-18(19)28-2/h3-12,21H,13-14H2,1-2H3,(H,24,25)/t21-/m0/s1. The van der Waals surface area contributed by atoms with Crippen LogP contribution in [-0.2, 0) is 14.6 Å². The summed E-state index contributed by atoms with van der Waals surface area (Å²) < 4.78 is 50.8. The van der Waals surface area contributed by atoms with Crippen LogP contribution < -0.4 is 14.8 Å². The van der Waals surface area contributed by atoms with Crippen molar-refractivity contribution >= 4 is 27.1 Å². The number of hydrogen-bond donors (Lipinski definition) is 1. The van der Waals surface area contributed by atoms with Gasteiger partial charge in [0.2, 0.25) is 0 Å². The van der Waals surface area contributed by atoms with Crippen molar-refractivity contribution in [2.75, 3.05) is 20.3 Å². The lowest BCUT2D eigenvalue weighted by molar-refractivity contribution is -0.123. The van der Waals surface area contributed by atoms with Crippen LogP contribution >= 0.6 is 11.3 Å². The summed E-state index contributed by atoms with van der Waals surface area (Å²) >= 11 is 1.27. The maximum Gasteiger partial charge on any atom is 0.257 e. The van der Waals surface area contributed by atoms with Crippen molar-refractivity contribution in [1.82, 2.24) is 5.32 Å². The highest BCUT2D eigenvalue weighted by Gasteiger charge is 2.31. The first-order chi connectivity index (χ1) is 14.8. The van der Waals surface area contributed by atoms with Gasteiger partial charge < -0.3 is 14.8 Å². The van der Waals surface area contributed by atoms with Crippen LogP contribution in [0.15, 0.2) is 64.9 Å². The highest BCUT2D eigenvalue weighted by atomic mass is 32.2. The second-order valence-corrected chi connectivity index (χ2v) is 9.81. The van der Waals surface area contributed by atoms with E-state index < -0.39 is 26.8 Å². The number of benzene rings is 2. The molecular weight excluding hydrogens is 441 g/mol. The molecule has 3 rings (SSSR count). The van der Waals surface area contributed by atoms with Crippen molar-refractivity contribution < 1.29 is 27.1 Å². The molecule has 9 heteroatoms. The predicted molar refractivity (Wildman–Crippen MR) is 117 cm³/mol. The van der Waals surface area contributed by atoms with E-state index in [0.29, 0.717) is 16.4 Å². The Balaban J connectivity index is 1.73. The van der Waals surface area contributed by atoms with E-state index in [1.54, 1.807) is 41.8 Å². The molecule has 31 heavy (non-hydrogen) atoms. The van der Waals surface area contributed by atoms with E-state index in [-0.39, 0.29) is 23.6 Å². The van der Waals surface area contributed by atoms with Gasteiger partial charge in [-0.1, -0.05) is 18.2 Å². The van der Waals surface area contributed by atoms with Gasteiger partial charge in [-0.15, -0.1) is 11.3 Å². The quantitative estimate of drug-likeness (QED) is 0.487. The summed E-state index contributed by atoms with van der Waals surface area (Å²) in [6.45, 7) is 1.06. The molecule has 0 aliphatic rings. The molecule has 3 aromatic rings. The summed E-state index contributed by atoms with van der Waals surface area (Å²) in [4.78, 5) is 12.9. The molecule has 1 atom stereocenters. The lowest BCUT2D eigenvalue weighted by Gasteiger charge is -2.18. The lowest BCUT2D eigenvalue weighted by atomic mass is 10.2. The molecule has 2 aromatic carbocycles. The van der Waals surface area contributed by atoms with E-state index in [4.69, 9.17) is 9.47 Å². The van der Waals surface area contributed by atoms with Gasteiger partial charge in [-0.05, 0) is 54.3 Å². The minimum absolute atomic E-state index is 0.00400. The zero-order valence-electron chi connectivity index (χ0n) is 17.0. The average molecular weight is 464 g/mol.